The van der Waals surface area contributed by atoms with Gasteiger partial charge in [-0.1, -0.05) is 36.0 Å². The van der Waals surface area contributed by atoms with Gasteiger partial charge < -0.3 is 14.3 Å². The van der Waals surface area contributed by atoms with E-state index in [-0.39, 0.29) is 10.8 Å². The molecule has 0 unspecified atom stereocenters. The number of hydrogen-bond donors (Lipinski definition) is 1. The fourth-order valence-electron chi connectivity index (χ4n) is 3.29. The van der Waals surface area contributed by atoms with E-state index in [0.29, 0.717) is 23.1 Å². The average molecular weight is 422 g/mol. The maximum absolute atomic E-state index is 12.4. The van der Waals surface area contributed by atoms with Gasteiger partial charge in [0.25, 0.3) is 5.56 Å². The molecule has 0 amide bonds. The van der Waals surface area contributed by atoms with Crippen molar-refractivity contribution in [2.45, 2.75) is 37.2 Å². The average Bonchev–Trinajstić information content (AvgIpc) is 3.15. The summed E-state index contributed by atoms with van der Waals surface area (Å²) < 4.78 is 7.32. The van der Waals surface area contributed by atoms with E-state index >= 15 is 0 Å². The van der Waals surface area contributed by atoms with Crippen molar-refractivity contribution in [1.82, 2.24) is 24.7 Å². The molecular formula is C22H23N5O2S. The second-order valence-corrected chi connectivity index (χ2v) is 8.20. The number of benzene rings is 2. The van der Waals surface area contributed by atoms with Crippen LogP contribution >= 0.6 is 11.8 Å². The van der Waals surface area contributed by atoms with Crippen molar-refractivity contribution in [3.8, 4) is 5.75 Å². The Kier molecular flexibility index (Phi) is 5.85. The first-order valence-corrected chi connectivity index (χ1v) is 10.7. The molecule has 2 heterocycles. The smallest absolute Gasteiger partial charge is 0.258 e. The Morgan fingerprint density at radius 3 is 2.63 bits per heavy atom. The number of ether oxygens (including phenoxy) is 1. The van der Waals surface area contributed by atoms with Crippen molar-refractivity contribution < 1.29 is 4.74 Å². The largest absolute Gasteiger partial charge is 0.497 e. The van der Waals surface area contributed by atoms with Crippen LogP contribution in [0.3, 0.4) is 0 Å². The molecule has 1 atom stereocenters. The first-order valence-electron chi connectivity index (χ1n) is 9.79. The predicted octanol–water partition coefficient (Wildman–Crippen LogP) is 3.99. The molecule has 2 aromatic heterocycles. The van der Waals surface area contributed by atoms with E-state index in [1.807, 2.05) is 49.4 Å². The number of hydrogen-bond acceptors (Lipinski definition) is 6. The van der Waals surface area contributed by atoms with Gasteiger partial charge in [-0.25, -0.2) is 4.98 Å². The van der Waals surface area contributed by atoms with E-state index in [1.165, 1.54) is 11.8 Å². The van der Waals surface area contributed by atoms with Crippen molar-refractivity contribution in [3.05, 3.63) is 76.1 Å². The van der Waals surface area contributed by atoms with Crippen LogP contribution in [-0.2, 0) is 13.0 Å². The van der Waals surface area contributed by atoms with E-state index in [9.17, 15) is 4.79 Å². The summed E-state index contributed by atoms with van der Waals surface area (Å²) in [5.74, 6) is 2.36. The Morgan fingerprint density at radius 2 is 1.90 bits per heavy atom. The number of methoxy groups -OCH3 is 1. The summed E-state index contributed by atoms with van der Waals surface area (Å²) >= 11 is 1.54. The number of nitrogens with zero attached hydrogens (tertiary/aromatic N) is 4. The molecule has 4 aromatic rings. The van der Waals surface area contributed by atoms with Crippen LogP contribution in [0, 0.1) is 0 Å². The Labute approximate surface area is 178 Å². The number of H-pyrrole nitrogens is 1. The molecule has 8 heteroatoms. The maximum atomic E-state index is 12.4. The van der Waals surface area contributed by atoms with Gasteiger partial charge in [-0.2, -0.15) is 0 Å². The number of aromatic nitrogens is 5. The maximum Gasteiger partial charge on any atom is 0.258 e. The van der Waals surface area contributed by atoms with Gasteiger partial charge in [0.1, 0.15) is 17.4 Å². The molecular weight excluding hydrogens is 398 g/mol. The minimum atomic E-state index is -0.125. The molecule has 1 N–H and O–H groups in total. The lowest BCUT2D eigenvalue weighted by Gasteiger charge is -2.12. The summed E-state index contributed by atoms with van der Waals surface area (Å²) in [4.78, 5) is 19.9. The Bertz CT molecular complexity index is 1220. The van der Waals surface area contributed by atoms with Gasteiger partial charge in [0, 0.05) is 13.0 Å². The summed E-state index contributed by atoms with van der Waals surface area (Å²) in [7, 11) is 1.66. The molecule has 154 valence electrons. The summed E-state index contributed by atoms with van der Waals surface area (Å²) in [6.07, 6.45) is 0.685. The molecule has 2 aromatic carbocycles. The van der Waals surface area contributed by atoms with E-state index < -0.39 is 0 Å². The molecule has 0 fully saturated rings. The molecule has 30 heavy (non-hydrogen) atoms. The summed E-state index contributed by atoms with van der Waals surface area (Å²) in [6, 6.07) is 15.3. The minimum absolute atomic E-state index is 0.0781. The number of aromatic amines is 1. The number of thioether (sulfide) groups is 1. The van der Waals surface area contributed by atoms with Crippen molar-refractivity contribution in [1.29, 1.82) is 0 Å². The minimum Gasteiger partial charge on any atom is -0.497 e. The molecule has 0 bridgehead atoms. The van der Waals surface area contributed by atoms with E-state index in [0.717, 1.165) is 28.8 Å². The third kappa shape index (κ3) is 4.09. The highest BCUT2D eigenvalue weighted by atomic mass is 32.2. The quantitative estimate of drug-likeness (QED) is 0.454. The van der Waals surface area contributed by atoms with Gasteiger partial charge in [0.15, 0.2) is 5.16 Å². The third-order valence-electron chi connectivity index (χ3n) is 4.93. The molecule has 7 nitrogen and oxygen atoms in total. The second-order valence-electron chi connectivity index (χ2n) is 6.90. The monoisotopic (exact) mass is 421 g/mol. The lowest BCUT2D eigenvalue weighted by Crippen LogP contribution is -2.13. The fourth-order valence-corrected chi connectivity index (χ4v) is 4.28. The van der Waals surface area contributed by atoms with Gasteiger partial charge in [0.05, 0.1) is 23.3 Å². The topological polar surface area (TPSA) is 85.7 Å². The van der Waals surface area contributed by atoms with Gasteiger partial charge >= 0.3 is 0 Å². The van der Waals surface area contributed by atoms with Crippen LogP contribution in [0.1, 0.15) is 36.3 Å². The summed E-state index contributed by atoms with van der Waals surface area (Å²) in [5.41, 5.74) is 1.71. The summed E-state index contributed by atoms with van der Waals surface area (Å²) in [5, 5.41) is 10.1. The van der Waals surface area contributed by atoms with Crippen molar-refractivity contribution >= 4 is 22.7 Å². The Balaban J connectivity index is 1.56. The highest BCUT2D eigenvalue weighted by Gasteiger charge is 2.18. The molecule has 0 saturated carbocycles. The normalized spacial score (nSPS) is 12.2. The standard InChI is InChI=1S/C22H23N5O2S/c1-4-27-19(13-15-9-11-16(29-3)12-10-15)25-26-22(27)30-14(2)20-23-18-8-6-5-7-17(18)21(28)24-20/h5-12,14H,4,13H2,1-3H3,(H,23,24,28)/t14-/m1/s1. The molecule has 0 saturated heterocycles. The first kappa shape index (κ1) is 20.2. The highest BCUT2D eigenvalue weighted by Crippen LogP contribution is 2.32. The summed E-state index contributed by atoms with van der Waals surface area (Å²) in [6.45, 7) is 4.84. The number of para-hydroxylation sites is 1. The lowest BCUT2D eigenvalue weighted by molar-refractivity contribution is 0.414. The van der Waals surface area contributed by atoms with Crippen LogP contribution in [0.4, 0.5) is 0 Å². The highest BCUT2D eigenvalue weighted by molar-refractivity contribution is 7.99. The third-order valence-corrected chi connectivity index (χ3v) is 6.02. The van der Waals surface area contributed by atoms with Crippen LogP contribution in [0.15, 0.2) is 58.5 Å². The van der Waals surface area contributed by atoms with Crippen LogP contribution in [0.25, 0.3) is 10.9 Å². The Hall–Kier alpha value is -3.13. The van der Waals surface area contributed by atoms with Crippen LogP contribution in [0.5, 0.6) is 5.75 Å². The molecule has 0 radical (unpaired) electrons. The molecule has 0 aliphatic heterocycles. The zero-order chi connectivity index (χ0) is 21.1. The van der Waals surface area contributed by atoms with Crippen LogP contribution in [0.2, 0.25) is 0 Å². The SMILES string of the molecule is CCn1c(Cc2ccc(OC)cc2)nnc1S[C@H](C)c1nc2ccccc2c(=O)[nH]1. The Morgan fingerprint density at radius 1 is 1.13 bits per heavy atom. The van der Waals surface area contributed by atoms with Gasteiger partial charge in [0.2, 0.25) is 0 Å². The molecule has 0 aliphatic rings. The lowest BCUT2D eigenvalue weighted by atomic mass is 10.1. The second kappa shape index (κ2) is 8.71. The van der Waals surface area contributed by atoms with E-state index in [2.05, 4.69) is 31.7 Å². The van der Waals surface area contributed by atoms with Gasteiger partial charge in [-0.05, 0) is 43.7 Å². The van der Waals surface area contributed by atoms with Crippen LogP contribution in [-0.4, -0.2) is 31.8 Å². The van der Waals surface area contributed by atoms with E-state index in [4.69, 9.17) is 4.74 Å². The molecule has 4 rings (SSSR count). The van der Waals surface area contributed by atoms with Gasteiger partial charge in [-0.3, -0.25) is 4.79 Å². The first-order chi connectivity index (χ1) is 14.6. The van der Waals surface area contributed by atoms with Crippen molar-refractivity contribution in [2.24, 2.45) is 0 Å². The zero-order valence-electron chi connectivity index (χ0n) is 17.1. The van der Waals surface area contributed by atoms with E-state index in [1.54, 1.807) is 13.2 Å². The van der Waals surface area contributed by atoms with Crippen molar-refractivity contribution in [2.75, 3.05) is 7.11 Å². The van der Waals surface area contributed by atoms with Crippen molar-refractivity contribution in [3.63, 3.8) is 0 Å². The number of nitrogens with one attached hydrogen (secondary N) is 1. The zero-order valence-corrected chi connectivity index (χ0v) is 17.9. The fraction of sp³-hybridized carbons (Fsp3) is 0.273. The molecule has 0 aliphatic carbocycles. The van der Waals surface area contributed by atoms with Gasteiger partial charge in [-0.15, -0.1) is 10.2 Å². The van der Waals surface area contributed by atoms with Crippen LogP contribution < -0.4 is 10.3 Å². The number of rotatable bonds is 7. The number of fused-ring (bicyclic) bond motifs is 1. The molecule has 0 spiro atoms. The predicted molar refractivity (Wildman–Crippen MR) is 118 cm³/mol.